The predicted molar refractivity (Wildman–Crippen MR) is 72.4 cm³/mol. The molecule has 2 heterocycles. The molecule has 0 N–H and O–H groups in total. The molecule has 0 aliphatic carbocycles. The van der Waals surface area contributed by atoms with Crippen LogP contribution >= 0.6 is 11.3 Å². The highest BCUT2D eigenvalue weighted by atomic mass is 32.1. The number of ether oxygens (including phenoxy) is 1. The van der Waals surface area contributed by atoms with E-state index in [4.69, 9.17) is 4.74 Å². The summed E-state index contributed by atoms with van der Waals surface area (Å²) in [5, 5.41) is 3.32. The molecule has 0 amide bonds. The largest absolute Gasteiger partial charge is 0.471 e. The molecule has 2 aromatic rings. The van der Waals surface area contributed by atoms with E-state index in [1.165, 1.54) is 18.4 Å². The minimum atomic E-state index is -4.65. The van der Waals surface area contributed by atoms with E-state index in [0.717, 1.165) is 4.88 Å². The van der Waals surface area contributed by atoms with Crippen LogP contribution in [0.4, 0.5) is 13.2 Å². The first-order valence-electron chi connectivity index (χ1n) is 6.41. The van der Waals surface area contributed by atoms with Crippen molar-refractivity contribution in [1.82, 2.24) is 10.1 Å². The summed E-state index contributed by atoms with van der Waals surface area (Å²) in [5.41, 5.74) is 0. The lowest BCUT2D eigenvalue weighted by Gasteiger charge is -1.98. The fourth-order valence-corrected chi connectivity index (χ4v) is 2.61. The number of methoxy groups -OCH3 is 1. The minimum absolute atomic E-state index is 0.0794. The number of halogens is 3. The lowest BCUT2D eigenvalue weighted by Crippen LogP contribution is -2.04. The number of Topliss-reactive ketones (excluding diaryl/α,β-unsaturated/α-hetero) is 1. The average Bonchev–Trinajstić information content (AvgIpc) is 3.10. The topological polar surface area (TPSA) is 65.2 Å². The smallest absolute Gasteiger partial charge is 0.384 e. The molecular formula is C13H13F3N2O3S. The van der Waals surface area contributed by atoms with Gasteiger partial charge in [-0.25, -0.2) is 0 Å². The van der Waals surface area contributed by atoms with Gasteiger partial charge in [-0.3, -0.25) is 4.79 Å². The van der Waals surface area contributed by atoms with Gasteiger partial charge in [0, 0.05) is 24.8 Å². The number of alkyl halides is 3. The first-order chi connectivity index (χ1) is 10.4. The molecule has 0 spiro atoms. The number of ketones is 1. The first-order valence-corrected chi connectivity index (χ1v) is 7.22. The summed E-state index contributed by atoms with van der Waals surface area (Å²) < 4.78 is 46.2. The number of hydrogen-bond donors (Lipinski definition) is 0. The fourth-order valence-electron chi connectivity index (χ4n) is 1.67. The number of rotatable bonds is 7. The van der Waals surface area contributed by atoms with Crippen LogP contribution in [0.3, 0.4) is 0 Å². The number of aromatic nitrogens is 2. The van der Waals surface area contributed by atoms with Gasteiger partial charge in [0.05, 0.1) is 11.5 Å². The van der Waals surface area contributed by atoms with Crippen molar-refractivity contribution in [3.05, 3.63) is 22.9 Å². The molecule has 0 fully saturated rings. The Balaban J connectivity index is 1.97. The molecule has 0 saturated carbocycles. The molecule has 9 heteroatoms. The number of hydrogen-bond acceptors (Lipinski definition) is 6. The van der Waals surface area contributed by atoms with Gasteiger partial charge in [0.1, 0.15) is 5.78 Å². The predicted octanol–water partition coefficient (Wildman–Crippen LogP) is 3.36. The van der Waals surface area contributed by atoms with E-state index in [2.05, 4.69) is 14.7 Å². The van der Waals surface area contributed by atoms with Gasteiger partial charge in [-0.05, 0) is 18.6 Å². The Morgan fingerprint density at radius 1 is 1.36 bits per heavy atom. The van der Waals surface area contributed by atoms with E-state index in [1.54, 1.807) is 12.1 Å². The molecule has 0 saturated heterocycles. The minimum Gasteiger partial charge on any atom is -0.384 e. The van der Waals surface area contributed by atoms with Crippen molar-refractivity contribution < 1.29 is 27.2 Å². The normalized spacial score (nSPS) is 11.8. The summed E-state index contributed by atoms with van der Waals surface area (Å²) in [6.45, 7) is 0.387. The number of thiophene rings is 1. The van der Waals surface area contributed by atoms with Crippen LogP contribution < -0.4 is 0 Å². The number of carbonyl (C=O) groups is 1. The fraction of sp³-hybridized carbons (Fsp3) is 0.462. The van der Waals surface area contributed by atoms with Gasteiger partial charge in [0.2, 0.25) is 5.82 Å². The highest BCUT2D eigenvalue weighted by Gasteiger charge is 2.38. The Hall–Kier alpha value is -1.74. The zero-order chi connectivity index (χ0) is 16.2. The molecule has 5 nitrogen and oxygen atoms in total. The van der Waals surface area contributed by atoms with Gasteiger partial charge in [-0.1, -0.05) is 5.16 Å². The summed E-state index contributed by atoms with van der Waals surface area (Å²) >= 11 is 1.24. The third-order valence-electron chi connectivity index (χ3n) is 2.79. The van der Waals surface area contributed by atoms with E-state index in [9.17, 15) is 18.0 Å². The van der Waals surface area contributed by atoms with E-state index < -0.39 is 12.1 Å². The quantitative estimate of drug-likeness (QED) is 0.777. The van der Waals surface area contributed by atoms with Crippen molar-refractivity contribution in [2.75, 3.05) is 13.7 Å². The maximum atomic E-state index is 12.4. The van der Waals surface area contributed by atoms with E-state index in [-0.39, 0.29) is 11.6 Å². The molecule has 120 valence electrons. The maximum Gasteiger partial charge on any atom is 0.471 e. The summed E-state index contributed by atoms with van der Waals surface area (Å²) in [6.07, 6.45) is -3.41. The van der Waals surface area contributed by atoms with Crippen molar-refractivity contribution in [1.29, 1.82) is 0 Å². The van der Waals surface area contributed by atoms with Crippen LogP contribution in [0.2, 0.25) is 0 Å². The maximum absolute atomic E-state index is 12.4. The van der Waals surface area contributed by atoms with Crippen molar-refractivity contribution >= 4 is 17.1 Å². The summed E-state index contributed by atoms with van der Waals surface area (Å²) in [7, 11) is 1.53. The average molecular weight is 334 g/mol. The Labute approximate surface area is 128 Å². The summed E-state index contributed by atoms with van der Waals surface area (Å²) in [4.78, 5) is 16.2. The van der Waals surface area contributed by atoms with Crippen LogP contribution in [0.1, 0.15) is 23.6 Å². The van der Waals surface area contributed by atoms with Crippen LogP contribution in [0.25, 0.3) is 10.7 Å². The lowest BCUT2D eigenvalue weighted by atomic mass is 10.1. The third-order valence-corrected chi connectivity index (χ3v) is 3.93. The molecule has 0 aromatic carbocycles. The van der Waals surface area contributed by atoms with Crippen molar-refractivity contribution in [3.63, 3.8) is 0 Å². The lowest BCUT2D eigenvalue weighted by molar-refractivity contribution is -0.159. The van der Waals surface area contributed by atoms with E-state index in [1.807, 2.05) is 0 Å². The molecule has 0 radical (unpaired) electrons. The second-order valence-corrected chi connectivity index (χ2v) is 5.64. The zero-order valence-electron chi connectivity index (χ0n) is 11.6. The molecule has 0 aliphatic rings. The number of nitrogens with zero attached hydrogens (tertiary/aromatic N) is 2. The van der Waals surface area contributed by atoms with Gasteiger partial charge in [-0.15, -0.1) is 11.3 Å². The molecule has 2 aromatic heterocycles. The Kier molecular flexibility index (Phi) is 5.30. The molecule has 0 atom stereocenters. The van der Waals surface area contributed by atoms with Crippen LogP contribution in [0, 0.1) is 0 Å². The Morgan fingerprint density at radius 2 is 2.14 bits per heavy atom. The molecular weight excluding hydrogens is 321 g/mol. The monoisotopic (exact) mass is 334 g/mol. The second kappa shape index (κ2) is 7.01. The highest BCUT2D eigenvalue weighted by molar-refractivity contribution is 7.15. The van der Waals surface area contributed by atoms with Crippen molar-refractivity contribution in [2.45, 2.75) is 25.4 Å². The molecule has 0 bridgehead atoms. The van der Waals surface area contributed by atoms with E-state index >= 15 is 0 Å². The summed E-state index contributed by atoms with van der Waals surface area (Å²) in [6, 6.07) is 3.36. The molecule has 22 heavy (non-hydrogen) atoms. The summed E-state index contributed by atoms with van der Waals surface area (Å²) in [5.74, 6) is -1.39. The van der Waals surface area contributed by atoms with Gasteiger partial charge >= 0.3 is 12.1 Å². The molecule has 2 rings (SSSR count). The Bertz CT molecular complexity index is 637. The van der Waals surface area contributed by atoms with Crippen LogP contribution in [-0.2, 0) is 22.1 Å². The second-order valence-electron chi connectivity index (χ2n) is 4.47. The van der Waals surface area contributed by atoms with Gasteiger partial charge in [0.15, 0.2) is 0 Å². The third kappa shape index (κ3) is 4.38. The molecule has 0 aliphatic heterocycles. The zero-order valence-corrected chi connectivity index (χ0v) is 12.5. The SMILES string of the molecule is COCCC(=O)CCc1ccc(-c2noc(C(F)(F)F)n2)s1. The van der Waals surface area contributed by atoms with Gasteiger partial charge in [-0.2, -0.15) is 18.2 Å². The van der Waals surface area contributed by atoms with Gasteiger partial charge < -0.3 is 9.26 Å². The standard InChI is InChI=1S/C13H13F3N2O3S/c1-20-7-6-8(19)2-3-9-4-5-10(22-9)11-17-12(21-18-11)13(14,15)16/h4-5H,2-3,6-7H2,1H3. The van der Waals surface area contributed by atoms with Gasteiger partial charge in [0.25, 0.3) is 0 Å². The van der Waals surface area contributed by atoms with Crippen molar-refractivity contribution in [2.24, 2.45) is 0 Å². The van der Waals surface area contributed by atoms with Crippen LogP contribution in [-0.4, -0.2) is 29.6 Å². The Morgan fingerprint density at radius 3 is 2.77 bits per heavy atom. The van der Waals surface area contributed by atoms with E-state index in [0.29, 0.717) is 30.7 Å². The highest BCUT2D eigenvalue weighted by Crippen LogP contribution is 2.31. The number of aryl methyl sites for hydroxylation is 1. The van der Waals surface area contributed by atoms with Crippen molar-refractivity contribution in [3.8, 4) is 10.7 Å². The molecule has 0 unspecified atom stereocenters. The van der Waals surface area contributed by atoms with Crippen LogP contribution in [0.5, 0.6) is 0 Å². The number of carbonyl (C=O) groups excluding carboxylic acids is 1. The van der Waals surface area contributed by atoms with Crippen LogP contribution in [0.15, 0.2) is 16.7 Å². The first kappa shape index (κ1) is 16.6.